The molecule has 10 rings (SSSR count). The Balaban J connectivity index is 1.26. The van der Waals surface area contributed by atoms with Crippen molar-refractivity contribution < 1.29 is 51.9 Å². The molecule has 2 aliphatic heterocycles. The van der Waals surface area contributed by atoms with Gasteiger partial charge in [0.2, 0.25) is 0 Å². The quantitative estimate of drug-likeness (QED) is 0.136. The van der Waals surface area contributed by atoms with Crippen molar-refractivity contribution in [1.29, 1.82) is 0 Å². The molecule has 4 heterocycles. The van der Waals surface area contributed by atoms with Crippen LogP contribution in [0.1, 0.15) is 110 Å². The predicted octanol–water partition coefficient (Wildman–Crippen LogP) is 13.8. The van der Waals surface area contributed by atoms with Gasteiger partial charge in [-0.25, -0.2) is 18.0 Å². The van der Waals surface area contributed by atoms with E-state index in [0.29, 0.717) is 107 Å². The zero-order valence-electron chi connectivity index (χ0n) is 40.9. The van der Waals surface area contributed by atoms with Gasteiger partial charge in [0.15, 0.2) is 6.10 Å². The number of carboxylic acid groups (broad SMARTS) is 2. The monoisotopic (exact) mass is 962 g/mol. The molecule has 2 unspecified atom stereocenters. The van der Waals surface area contributed by atoms with Crippen molar-refractivity contribution in [2.75, 3.05) is 6.61 Å². The van der Waals surface area contributed by atoms with E-state index in [1.807, 2.05) is 58.0 Å². The molecule has 2 atom stereocenters. The zero-order chi connectivity index (χ0) is 50.6. The molecule has 0 aliphatic carbocycles. The number of fused-ring (bicyclic) bond motifs is 2. The molecule has 0 spiro atoms. The third-order valence-electron chi connectivity index (χ3n) is 13.6. The van der Waals surface area contributed by atoms with Gasteiger partial charge in [0.25, 0.3) is 6.43 Å². The van der Waals surface area contributed by atoms with Crippen LogP contribution < -0.4 is 14.2 Å². The number of rotatable bonds is 10. The van der Waals surface area contributed by atoms with Gasteiger partial charge in [-0.1, -0.05) is 30.3 Å². The number of pyridine rings is 2. The molecule has 0 saturated carbocycles. The summed E-state index contributed by atoms with van der Waals surface area (Å²) < 4.78 is 73.6. The van der Waals surface area contributed by atoms with Crippen LogP contribution in [0.2, 0.25) is 0 Å². The number of aromatic nitrogens is 2. The molecule has 6 aromatic carbocycles. The molecule has 2 aliphatic rings. The highest BCUT2D eigenvalue weighted by Crippen LogP contribution is 2.54. The van der Waals surface area contributed by atoms with Crippen molar-refractivity contribution in [3.05, 3.63) is 135 Å². The van der Waals surface area contributed by atoms with Crippen molar-refractivity contribution in [3.8, 4) is 39.5 Å². The first-order chi connectivity index (χ1) is 33.6. The van der Waals surface area contributed by atoms with E-state index in [9.17, 15) is 28.6 Å². The van der Waals surface area contributed by atoms with E-state index in [1.165, 1.54) is 6.07 Å². The van der Waals surface area contributed by atoms with Crippen molar-refractivity contribution in [2.24, 2.45) is 0 Å². The second-order valence-corrected chi connectivity index (χ2v) is 20.6. The topological polar surface area (TPSA) is 137 Å². The highest BCUT2D eigenvalue weighted by atomic mass is 19.3. The van der Waals surface area contributed by atoms with Gasteiger partial charge in [-0.2, -0.15) is 0 Å². The average Bonchev–Trinajstić information content (AvgIpc) is 3.28. The van der Waals surface area contributed by atoms with Crippen LogP contribution in [0.5, 0.6) is 17.2 Å². The lowest BCUT2D eigenvalue weighted by molar-refractivity contribution is -0.160. The number of aryl methyl sites for hydroxylation is 2. The normalized spacial score (nSPS) is 15.1. The van der Waals surface area contributed by atoms with E-state index in [1.54, 1.807) is 77.3 Å². The molecule has 0 bridgehead atoms. The van der Waals surface area contributed by atoms with Gasteiger partial charge in [0.05, 0.1) is 35.2 Å². The Labute approximate surface area is 408 Å². The van der Waals surface area contributed by atoms with Gasteiger partial charge in [-0.3, -0.25) is 14.8 Å². The summed E-state index contributed by atoms with van der Waals surface area (Å²) in [7, 11) is 0. The Morgan fingerprint density at radius 2 is 1.48 bits per heavy atom. The minimum atomic E-state index is -2.81. The maximum Gasteiger partial charge on any atom is 0.337 e. The number of hydrogen-bond donors (Lipinski definition) is 2. The fourth-order valence-corrected chi connectivity index (χ4v) is 10.9. The molecule has 0 saturated heterocycles. The molecule has 2 N–H and O–H groups in total. The van der Waals surface area contributed by atoms with Crippen LogP contribution >= 0.6 is 0 Å². The van der Waals surface area contributed by atoms with Gasteiger partial charge in [0.1, 0.15) is 34.8 Å². The van der Waals surface area contributed by atoms with Crippen LogP contribution in [0, 0.1) is 26.6 Å². The van der Waals surface area contributed by atoms with E-state index < -0.39 is 54.0 Å². The number of aliphatic carboxylic acids is 2. The van der Waals surface area contributed by atoms with Crippen LogP contribution in [0.3, 0.4) is 0 Å². The number of ether oxygens (including phenoxy) is 4. The van der Waals surface area contributed by atoms with E-state index in [-0.39, 0.29) is 28.7 Å². The van der Waals surface area contributed by atoms with Gasteiger partial charge in [0, 0.05) is 75.3 Å². The number of alkyl halides is 2. The van der Waals surface area contributed by atoms with E-state index >= 15 is 4.39 Å². The summed E-state index contributed by atoms with van der Waals surface area (Å²) >= 11 is 0. The van der Waals surface area contributed by atoms with E-state index in [4.69, 9.17) is 28.9 Å². The zero-order valence-corrected chi connectivity index (χ0v) is 40.9. The molecule has 8 aromatic rings. The van der Waals surface area contributed by atoms with Crippen LogP contribution in [-0.4, -0.2) is 49.9 Å². The molecule has 0 fully saturated rings. The Morgan fingerprint density at radius 1 is 0.761 bits per heavy atom. The van der Waals surface area contributed by atoms with Crippen LogP contribution in [-0.2, 0) is 33.6 Å². The fraction of sp³-hybridized carbons (Fsp3) is 0.310. The summed E-state index contributed by atoms with van der Waals surface area (Å²) in [6, 6.07) is 19.0. The van der Waals surface area contributed by atoms with Crippen molar-refractivity contribution in [1.82, 2.24) is 9.97 Å². The van der Waals surface area contributed by atoms with Gasteiger partial charge >= 0.3 is 11.9 Å². The van der Waals surface area contributed by atoms with Crippen LogP contribution in [0.15, 0.2) is 79.1 Å². The summed E-state index contributed by atoms with van der Waals surface area (Å²) in [6.07, 6.45) is -1.45. The van der Waals surface area contributed by atoms with Crippen molar-refractivity contribution in [3.63, 3.8) is 0 Å². The molecule has 0 radical (unpaired) electrons. The van der Waals surface area contributed by atoms with Crippen LogP contribution in [0.25, 0.3) is 65.6 Å². The molecule has 2 aromatic heterocycles. The van der Waals surface area contributed by atoms with Crippen LogP contribution in [0.4, 0.5) is 13.2 Å². The number of carboxylic acids is 2. The molecule has 13 heteroatoms. The molecule has 364 valence electrons. The number of carbonyl (C=O) groups is 2. The van der Waals surface area contributed by atoms with E-state index in [0.717, 1.165) is 16.5 Å². The summed E-state index contributed by atoms with van der Waals surface area (Å²) in [5.74, 6) is -1.70. The summed E-state index contributed by atoms with van der Waals surface area (Å²) in [6.45, 7) is 16.6. The first-order valence-electron chi connectivity index (χ1n) is 23.7. The Morgan fingerprint density at radius 3 is 2.17 bits per heavy atom. The molecule has 0 amide bonds. The first kappa shape index (κ1) is 47.4. The maximum atomic E-state index is 17.2. The minimum absolute atomic E-state index is 0.147. The highest BCUT2D eigenvalue weighted by Gasteiger charge is 2.39. The third kappa shape index (κ3) is 8.13. The Hall–Kier alpha value is -7.25. The molecular weight excluding hydrogens is 910 g/mol. The van der Waals surface area contributed by atoms with Gasteiger partial charge < -0.3 is 29.2 Å². The largest absolute Gasteiger partial charge is 0.493 e. The standard InChI is InChI=1S/C58H53F3N2O8/c1-27-13-14-32-36(43(27)55(60)61)23-28(2)35(25-42(64)65)48(32)51-41(70-57(4,5)6)26-40-47-31(18-21-63-53(47)51)24-39(69-40)44-29(3)45(54(56(66)67)71-58(7,8)9)50(49-33(44)11-10-12-37(49)59)34-15-16-38-46-30(19-22-68-38)17-20-62-52(34)46/h10-18,20-21,23,26,39,54-55H,19,22,24-25H2,1-9H3,(H,64,65)(H,66,67). The van der Waals surface area contributed by atoms with Crippen molar-refractivity contribution in [2.45, 2.75) is 111 Å². The number of benzene rings is 6. The molecular formula is C58H53F3N2O8. The van der Waals surface area contributed by atoms with Gasteiger partial charge in [-0.15, -0.1) is 0 Å². The SMILES string of the molecule is Cc1cc2c(C(F)F)c(C)ccc2c(-c2c(OC(C)(C)C)cc3c4c(ccnc24)CC(c2c(C)c(C(OC(C)(C)C)C(=O)O)c(-c4ccc5c6c(ccnc46)CCO5)c4c(F)cccc24)O3)c1CC(=O)O. The van der Waals surface area contributed by atoms with Crippen molar-refractivity contribution >= 4 is 55.3 Å². The summed E-state index contributed by atoms with van der Waals surface area (Å²) in [5, 5.41) is 24.3. The third-order valence-corrected chi connectivity index (χ3v) is 13.6. The lowest BCUT2D eigenvalue weighted by atomic mass is 9.80. The predicted molar refractivity (Wildman–Crippen MR) is 268 cm³/mol. The van der Waals surface area contributed by atoms with E-state index in [2.05, 4.69) is 0 Å². The highest BCUT2D eigenvalue weighted by molar-refractivity contribution is 6.13. The van der Waals surface area contributed by atoms with Gasteiger partial charge in [-0.05, 0) is 148 Å². The second kappa shape index (κ2) is 17.3. The maximum absolute atomic E-state index is 17.2. The fourth-order valence-electron chi connectivity index (χ4n) is 10.9. The number of halogens is 3. The smallest absolute Gasteiger partial charge is 0.337 e. The summed E-state index contributed by atoms with van der Waals surface area (Å²) in [4.78, 5) is 36.1. The number of nitrogens with zero attached hydrogens (tertiary/aromatic N) is 2. The Bertz CT molecular complexity index is 3570. The second-order valence-electron chi connectivity index (χ2n) is 20.6. The first-order valence-corrected chi connectivity index (χ1v) is 23.7. The minimum Gasteiger partial charge on any atom is -0.493 e. The lowest BCUT2D eigenvalue weighted by Gasteiger charge is -2.34. The lowest BCUT2D eigenvalue weighted by Crippen LogP contribution is -2.29. The average molecular weight is 963 g/mol. The molecule has 10 nitrogen and oxygen atoms in total. The number of hydrogen-bond acceptors (Lipinski definition) is 8. The molecule has 71 heavy (non-hydrogen) atoms. The summed E-state index contributed by atoms with van der Waals surface area (Å²) in [5.41, 5.74) is 5.11. The Kier molecular flexibility index (Phi) is 11.5.